The zero-order chi connectivity index (χ0) is 18.8. The molecule has 0 bridgehead atoms. The minimum atomic E-state index is -0.368. The smallest absolute Gasteiger partial charge is 0.240 e. The number of hydrogen-bond acceptors (Lipinski definition) is 4. The molecule has 0 atom stereocenters. The van der Waals surface area contributed by atoms with Crippen LogP contribution in [0, 0.1) is 0 Å². The molecule has 0 radical (unpaired) electrons. The molecule has 0 unspecified atom stereocenters. The standard InChI is InChI=1S/C18H16Cl2N4O2/c19-15-5-1-13(2-6-15)11-21-23-17(25)9-10-18(26)24-22-12-14-3-7-16(20)8-4-14/h1-8,11-12H,9-10H2,(H,23,25)(H,24,26). The van der Waals surface area contributed by atoms with Crippen molar-refractivity contribution >= 4 is 47.4 Å². The molecule has 2 aromatic rings. The number of halogens is 2. The zero-order valence-corrected chi connectivity index (χ0v) is 15.2. The number of benzene rings is 2. The van der Waals surface area contributed by atoms with Gasteiger partial charge in [-0.2, -0.15) is 10.2 Å². The normalized spacial score (nSPS) is 11.0. The molecular weight excluding hydrogens is 375 g/mol. The molecule has 2 amide bonds. The molecule has 0 saturated carbocycles. The van der Waals surface area contributed by atoms with Crippen molar-refractivity contribution in [3.63, 3.8) is 0 Å². The Morgan fingerprint density at radius 2 is 1.08 bits per heavy atom. The molecule has 0 saturated heterocycles. The molecule has 6 nitrogen and oxygen atoms in total. The summed E-state index contributed by atoms with van der Waals surface area (Å²) in [6.45, 7) is 0. The summed E-state index contributed by atoms with van der Waals surface area (Å²) in [6.07, 6.45) is 2.98. The maximum atomic E-state index is 11.6. The molecule has 0 aliphatic rings. The molecule has 0 aliphatic heterocycles. The van der Waals surface area contributed by atoms with E-state index in [2.05, 4.69) is 21.1 Å². The lowest BCUT2D eigenvalue weighted by Gasteiger charge is -2.00. The maximum Gasteiger partial charge on any atom is 0.240 e. The van der Waals surface area contributed by atoms with Crippen LogP contribution in [0.5, 0.6) is 0 Å². The summed E-state index contributed by atoms with van der Waals surface area (Å²) in [6, 6.07) is 14.0. The number of nitrogens with one attached hydrogen (secondary N) is 2. The SMILES string of the molecule is O=C(CCC(=O)NN=Cc1ccc(Cl)cc1)NN=Cc1ccc(Cl)cc1. The molecule has 0 heterocycles. The zero-order valence-electron chi connectivity index (χ0n) is 13.7. The molecule has 0 spiro atoms. The molecule has 0 fully saturated rings. The van der Waals surface area contributed by atoms with Gasteiger partial charge in [-0.05, 0) is 35.4 Å². The van der Waals surface area contributed by atoms with E-state index in [9.17, 15) is 9.59 Å². The van der Waals surface area contributed by atoms with Crippen LogP contribution in [0.3, 0.4) is 0 Å². The van der Waals surface area contributed by atoms with Crippen LogP contribution < -0.4 is 10.9 Å². The highest BCUT2D eigenvalue weighted by Gasteiger charge is 2.05. The van der Waals surface area contributed by atoms with Crippen LogP contribution >= 0.6 is 23.2 Å². The lowest BCUT2D eigenvalue weighted by Crippen LogP contribution is -2.22. The van der Waals surface area contributed by atoms with Crippen molar-refractivity contribution in [2.75, 3.05) is 0 Å². The molecule has 134 valence electrons. The van der Waals surface area contributed by atoms with Crippen LogP contribution in [0.1, 0.15) is 24.0 Å². The van der Waals surface area contributed by atoms with Gasteiger partial charge in [0, 0.05) is 22.9 Å². The molecule has 2 aromatic carbocycles. The molecule has 8 heteroatoms. The number of carbonyl (C=O) groups excluding carboxylic acids is 2. The lowest BCUT2D eigenvalue weighted by atomic mass is 10.2. The van der Waals surface area contributed by atoms with E-state index in [4.69, 9.17) is 23.2 Å². The second-order valence-corrected chi connectivity index (χ2v) is 6.06. The molecule has 2 rings (SSSR count). The van der Waals surface area contributed by atoms with Crippen molar-refractivity contribution in [3.8, 4) is 0 Å². The Labute approximate surface area is 160 Å². The summed E-state index contributed by atoms with van der Waals surface area (Å²) in [5.74, 6) is -0.737. The number of amides is 2. The predicted molar refractivity (Wildman–Crippen MR) is 104 cm³/mol. The van der Waals surface area contributed by atoms with Gasteiger partial charge in [-0.25, -0.2) is 10.9 Å². The monoisotopic (exact) mass is 390 g/mol. The van der Waals surface area contributed by atoms with E-state index in [1.165, 1.54) is 12.4 Å². The Morgan fingerprint density at radius 3 is 1.42 bits per heavy atom. The fourth-order valence-electron chi connectivity index (χ4n) is 1.79. The Balaban J connectivity index is 1.67. The molecule has 26 heavy (non-hydrogen) atoms. The van der Waals surface area contributed by atoms with E-state index >= 15 is 0 Å². The van der Waals surface area contributed by atoms with E-state index in [0.717, 1.165) is 11.1 Å². The topological polar surface area (TPSA) is 82.9 Å². The van der Waals surface area contributed by atoms with E-state index in [0.29, 0.717) is 10.0 Å². The van der Waals surface area contributed by atoms with Gasteiger partial charge in [-0.15, -0.1) is 0 Å². The minimum Gasteiger partial charge on any atom is -0.273 e. The van der Waals surface area contributed by atoms with Gasteiger partial charge >= 0.3 is 0 Å². The molecule has 0 aromatic heterocycles. The third kappa shape index (κ3) is 7.46. The average molecular weight is 391 g/mol. The first-order chi connectivity index (χ1) is 12.5. The van der Waals surface area contributed by atoms with Gasteiger partial charge in [0.2, 0.25) is 11.8 Å². The van der Waals surface area contributed by atoms with Crippen molar-refractivity contribution < 1.29 is 9.59 Å². The van der Waals surface area contributed by atoms with Crippen molar-refractivity contribution in [2.45, 2.75) is 12.8 Å². The Morgan fingerprint density at radius 1 is 0.731 bits per heavy atom. The van der Waals surface area contributed by atoms with Gasteiger partial charge in [0.1, 0.15) is 0 Å². The average Bonchev–Trinajstić information content (AvgIpc) is 2.63. The van der Waals surface area contributed by atoms with Gasteiger partial charge < -0.3 is 0 Å². The lowest BCUT2D eigenvalue weighted by molar-refractivity contribution is -0.126. The van der Waals surface area contributed by atoms with Crippen LogP contribution in [-0.4, -0.2) is 24.2 Å². The van der Waals surface area contributed by atoms with Crippen LogP contribution in [-0.2, 0) is 9.59 Å². The summed E-state index contributed by atoms with van der Waals surface area (Å²) in [5, 5.41) is 8.88. The third-order valence-electron chi connectivity index (χ3n) is 3.12. The van der Waals surface area contributed by atoms with Gasteiger partial charge in [-0.3, -0.25) is 9.59 Å². The highest BCUT2D eigenvalue weighted by molar-refractivity contribution is 6.30. The minimum absolute atomic E-state index is 0.000254. The fourth-order valence-corrected chi connectivity index (χ4v) is 2.05. The van der Waals surface area contributed by atoms with Crippen LogP contribution in [0.25, 0.3) is 0 Å². The van der Waals surface area contributed by atoms with Gasteiger partial charge in [0.05, 0.1) is 12.4 Å². The Kier molecular flexibility index (Phi) is 7.79. The quantitative estimate of drug-likeness (QED) is 0.560. The first kappa shape index (κ1) is 19.6. The van der Waals surface area contributed by atoms with Crippen molar-refractivity contribution in [1.82, 2.24) is 10.9 Å². The Hall–Kier alpha value is -2.70. The van der Waals surface area contributed by atoms with E-state index in [1.54, 1.807) is 48.5 Å². The molecule has 0 aliphatic carbocycles. The van der Waals surface area contributed by atoms with E-state index < -0.39 is 0 Å². The first-order valence-corrected chi connectivity index (χ1v) is 8.43. The largest absolute Gasteiger partial charge is 0.273 e. The maximum absolute atomic E-state index is 11.6. The van der Waals surface area contributed by atoms with Gasteiger partial charge in [0.15, 0.2) is 0 Å². The number of carbonyl (C=O) groups is 2. The summed E-state index contributed by atoms with van der Waals surface area (Å²) >= 11 is 11.6. The summed E-state index contributed by atoms with van der Waals surface area (Å²) in [4.78, 5) is 23.3. The predicted octanol–water partition coefficient (Wildman–Crippen LogP) is 3.37. The van der Waals surface area contributed by atoms with Crippen LogP contribution in [0.2, 0.25) is 10.0 Å². The van der Waals surface area contributed by atoms with Crippen LogP contribution in [0.4, 0.5) is 0 Å². The van der Waals surface area contributed by atoms with Crippen LogP contribution in [0.15, 0.2) is 58.7 Å². The fraction of sp³-hybridized carbons (Fsp3) is 0.111. The number of hydrogen-bond donors (Lipinski definition) is 2. The molecule has 2 N–H and O–H groups in total. The number of rotatable bonds is 7. The molecular formula is C18H16Cl2N4O2. The van der Waals surface area contributed by atoms with Gasteiger partial charge in [0.25, 0.3) is 0 Å². The summed E-state index contributed by atoms with van der Waals surface area (Å²) < 4.78 is 0. The highest BCUT2D eigenvalue weighted by Crippen LogP contribution is 2.08. The second-order valence-electron chi connectivity index (χ2n) is 5.19. The Bertz CT molecular complexity index is 733. The second kappa shape index (κ2) is 10.3. The van der Waals surface area contributed by atoms with E-state index in [-0.39, 0.29) is 24.7 Å². The van der Waals surface area contributed by atoms with Crippen molar-refractivity contribution in [1.29, 1.82) is 0 Å². The first-order valence-electron chi connectivity index (χ1n) is 7.68. The van der Waals surface area contributed by atoms with Gasteiger partial charge in [-0.1, -0.05) is 47.5 Å². The van der Waals surface area contributed by atoms with Crippen molar-refractivity contribution in [3.05, 3.63) is 69.7 Å². The highest BCUT2D eigenvalue weighted by atomic mass is 35.5. The number of nitrogens with zero attached hydrogens (tertiary/aromatic N) is 2. The third-order valence-corrected chi connectivity index (χ3v) is 3.63. The number of hydrazone groups is 2. The van der Waals surface area contributed by atoms with Crippen molar-refractivity contribution in [2.24, 2.45) is 10.2 Å². The summed E-state index contributed by atoms with van der Waals surface area (Å²) in [7, 11) is 0. The van der Waals surface area contributed by atoms with E-state index in [1.807, 2.05) is 0 Å². The summed E-state index contributed by atoms with van der Waals surface area (Å²) in [5.41, 5.74) is 6.30.